The molecule has 0 fully saturated rings. The molecule has 1 aromatic heterocycles. The van der Waals surface area contributed by atoms with Gasteiger partial charge in [0.05, 0.1) is 16.9 Å². The van der Waals surface area contributed by atoms with Crippen molar-refractivity contribution in [3.8, 4) is 16.9 Å². The summed E-state index contributed by atoms with van der Waals surface area (Å²) in [6, 6.07) is 5.61. The van der Waals surface area contributed by atoms with Gasteiger partial charge in [0.1, 0.15) is 10.7 Å². The van der Waals surface area contributed by atoms with Crippen LogP contribution < -0.4 is 5.14 Å². The van der Waals surface area contributed by atoms with Crippen molar-refractivity contribution >= 4 is 10.0 Å². The van der Waals surface area contributed by atoms with E-state index in [9.17, 15) is 39.2 Å². The van der Waals surface area contributed by atoms with E-state index in [4.69, 9.17) is 5.14 Å². The predicted molar refractivity (Wildman–Crippen MR) is 95.1 cm³/mol. The van der Waals surface area contributed by atoms with Crippen molar-refractivity contribution in [1.82, 2.24) is 9.78 Å². The molecule has 13 heteroatoms. The van der Waals surface area contributed by atoms with E-state index < -0.39 is 50.0 Å². The predicted octanol–water partition coefficient (Wildman–Crippen LogP) is 4.67. The lowest BCUT2D eigenvalue weighted by Gasteiger charge is -2.14. The topological polar surface area (TPSA) is 78.0 Å². The van der Waals surface area contributed by atoms with E-state index >= 15 is 0 Å². The van der Waals surface area contributed by atoms with Crippen molar-refractivity contribution in [2.45, 2.75) is 24.2 Å². The third-order valence-electron chi connectivity index (χ3n) is 4.31. The number of rotatable bonds is 3. The van der Waals surface area contributed by atoms with E-state index in [1.165, 1.54) is 6.92 Å². The first-order valence-electron chi connectivity index (χ1n) is 8.27. The standard InChI is InChI=1S/C18H12F7N3O2S/c1-9-2-4-11(7-12(9)17(20,21)22)28-14(8-16(27-28)18(23,24)25)10-3-5-15(13(19)6-10)31(26,29)30/h2-8H,1H3,(H2,26,29,30). The van der Waals surface area contributed by atoms with Crippen LogP contribution in [0.4, 0.5) is 30.7 Å². The van der Waals surface area contributed by atoms with E-state index in [0.717, 1.165) is 24.3 Å². The Morgan fingerprint density at radius 1 is 0.935 bits per heavy atom. The summed E-state index contributed by atoms with van der Waals surface area (Å²) >= 11 is 0. The normalized spacial score (nSPS) is 12.9. The summed E-state index contributed by atoms with van der Waals surface area (Å²) in [5.41, 5.74) is -3.72. The fourth-order valence-electron chi connectivity index (χ4n) is 2.86. The van der Waals surface area contributed by atoms with Crippen LogP contribution in [-0.2, 0) is 22.4 Å². The summed E-state index contributed by atoms with van der Waals surface area (Å²) in [6.45, 7) is 1.18. The molecule has 0 spiro atoms. The molecule has 0 bridgehead atoms. The molecule has 2 N–H and O–H groups in total. The number of sulfonamides is 1. The maximum Gasteiger partial charge on any atom is 0.435 e. The monoisotopic (exact) mass is 467 g/mol. The molecule has 0 aliphatic rings. The molecular formula is C18H12F7N3O2S. The lowest BCUT2D eigenvalue weighted by Crippen LogP contribution is -2.14. The van der Waals surface area contributed by atoms with Gasteiger partial charge in [-0.3, -0.25) is 0 Å². The highest BCUT2D eigenvalue weighted by molar-refractivity contribution is 7.89. The Bertz CT molecular complexity index is 1260. The Labute approximate surface area is 171 Å². The highest BCUT2D eigenvalue weighted by Crippen LogP contribution is 2.36. The summed E-state index contributed by atoms with van der Waals surface area (Å²) in [5, 5.41) is 8.20. The lowest BCUT2D eigenvalue weighted by molar-refractivity contribution is -0.141. The van der Waals surface area contributed by atoms with E-state index in [1.807, 2.05) is 0 Å². The highest BCUT2D eigenvalue weighted by atomic mass is 32.2. The maximum absolute atomic E-state index is 14.2. The number of benzene rings is 2. The number of alkyl halides is 6. The molecule has 0 radical (unpaired) electrons. The second-order valence-corrected chi connectivity index (χ2v) is 8.04. The number of aryl methyl sites for hydroxylation is 1. The molecule has 2 aromatic carbocycles. The number of nitrogens with zero attached hydrogens (tertiary/aromatic N) is 2. The van der Waals surface area contributed by atoms with Crippen LogP contribution in [0.3, 0.4) is 0 Å². The quantitative estimate of drug-likeness (QED) is 0.569. The number of halogens is 7. The molecule has 31 heavy (non-hydrogen) atoms. The lowest BCUT2D eigenvalue weighted by atomic mass is 10.1. The summed E-state index contributed by atoms with van der Waals surface area (Å²) < 4.78 is 117. The average molecular weight is 467 g/mol. The third kappa shape index (κ3) is 4.56. The van der Waals surface area contributed by atoms with Gasteiger partial charge in [0, 0.05) is 5.56 Å². The Morgan fingerprint density at radius 2 is 1.58 bits per heavy atom. The van der Waals surface area contributed by atoms with E-state index in [1.54, 1.807) is 0 Å². The molecule has 0 aliphatic heterocycles. The second kappa shape index (κ2) is 7.34. The highest BCUT2D eigenvalue weighted by Gasteiger charge is 2.36. The van der Waals surface area contributed by atoms with Crippen LogP contribution in [0, 0.1) is 12.7 Å². The van der Waals surface area contributed by atoms with Gasteiger partial charge in [0.15, 0.2) is 5.69 Å². The van der Waals surface area contributed by atoms with Crippen molar-refractivity contribution in [2.75, 3.05) is 0 Å². The SMILES string of the molecule is Cc1ccc(-n2nc(C(F)(F)F)cc2-c2ccc(S(N)(=O)=O)c(F)c2)cc1C(F)(F)F. The van der Waals surface area contributed by atoms with Crippen molar-refractivity contribution in [1.29, 1.82) is 0 Å². The molecule has 0 aliphatic carbocycles. The van der Waals surface area contributed by atoms with Gasteiger partial charge in [0.2, 0.25) is 10.0 Å². The van der Waals surface area contributed by atoms with Crippen LogP contribution in [0.15, 0.2) is 47.4 Å². The number of nitrogens with two attached hydrogens (primary N) is 1. The van der Waals surface area contributed by atoms with Crippen molar-refractivity contribution in [3.63, 3.8) is 0 Å². The van der Waals surface area contributed by atoms with E-state index in [-0.39, 0.29) is 16.8 Å². The van der Waals surface area contributed by atoms with Crippen molar-refractivity contribution in [2.24, 2.45) is 5.14 Å². The zero-order valence-corrected chi connectivity index (χ0v) is 16.2. The van der Waals surface area contributed by atoms with Gasteiger partial charge in [-0.25, -0.2) is 22.6 Å². The number of aromatic nitrogens is 2. The molecule has 0 saturated carbocycles. The van der Waals surface area contributed by atoms with Crippen LogP contribution in [-0.4, -0.2) is 18.2 Å². The Balaban J connectivity index is 2.27. The van der Waals surface area contributed by atoms with Crippen LogP contribution in [0.1, 0.15) is 16.8 Å². The van der Waals surface area contributed by atoms with Gasteiger partial charge in [-0.05, 0) is 42.8 Å². The Hall–Kier alpha value is -2.93. The van der Waals surface area contributed by atoms with E-state index in [0.29, 0.717) is 22.9 Å². The molecular weight excluding hydrogens is 455 g/mol. The molecule has 3 rings (SSSR count). The summed E-state index contributed by atoms with van der Waals surface area (Å²) in [7, 11) is -4.44. The number of hydrogen-bond acceptors (Lipinski definition) is 3. The maximum atomic E-state index is 14.2. The molecule has 166 valence electrons. The van der Waals surface area contributed by atoms with Crippen LogP contribution >= 0.6 is 0 Å². The van der Waals surface area contributed by atoms with Gasteiger partial charge in [-0.15, -0.1) is 0 Å². The molecule has 0 unspecified atom stereocenters. The molecule has 5 nitrogen and oxygen atoms in total. The molecule has 1 heterocycles. The van der Waals surface area contributed by atoms with Gasteiger partial charge in [-0.1, -0.05) is 12.1 Å². The molecule has 0 atom stereocenters. The molecule has 0 amide bonds. The minimum Gasteiger partial charge on any atom is -0.232 e. The smallest absolute Gasteiger partial charge is 0.232 e. The second-order valence-electron chi connectivity index (χ2n) is 6.51. The van der Waals surface area contributed by atoms with Gasteiger partial charge in [-0.2, -0.15) is 31.4 Å². The summed E-state index contributed by atoms with van der Waals surface area (Å²) in [5.74, 6) is -1.35. The summed E-state index contributed by atoms with van der Waals surface area (Å²) in [4.78, 5) is -0.895. The van der Waals surface area contributed by atoms with Gasteiger partial charge < -0.3 is 0 Å². The van der Waals surface area contributed by atoms with Gasteiger partial charge >= 0.3 is 12.4 Å². The average Bonchev–Trinajstić information content (AvgIpc) is 3.05. The molecule has 0 saturated heterocycles. The largest absolute Gasteiger partial charge is 0.435 e. The van der Waals surface area contributed by atoms with Crippen LogP contribution in [0.2, 0.25) is 0 Å². The van der Waals surface area contributed by atoms with Gasteiger partial charge in [0.25, 0.3) is 0 Å². The zero-order chi connectivity index (χ0) is 23.4. The minimum absolute atomic E-state index is 0.162. The Morgan fingerprint density at radius 3 is 2.10 bits per heavy atom. The fourth-order valence-corrected chi connectivity index (χ4v) is 3.45. The first-order chi connectivity index (χ1) is 14.1. The number of hydrogen-bond donors (Lipinski definition) is 1. The Kier molecular flexibility index (Phi) is 5.39. The molecule has 3 aromatic rings. The first-order valence-corrected chi connectivity index (χ1v) is 9.82. The van der Waals surface area contributed by atoms with Crippen molar-refractivity contribution in [3.05, 3.63) is 65.1 Å². The zero-order valence-electron chi connectivity index (χ0n) is 15.4. The fraction of sp³-hybridized carbons (Fsp3) is 0.167. The first kappa shape index (κ1) is 22.7. The number of primary sulfonamides is 1. The van der Waals surface area contributed by atoms with Crippen LogP contribution in [0.25, 0.3) is 16.9 Å². The summed E-state index contributed by atoms with van der Waals surface area (Å²) in [6.07, 6.45) is -9.72. The van der Waals surface area contributed by atoms with Crippen molar-refractivity contribution < 1.29 is 39.2 Å². The third-order valence-corrected chi connectivity index (χ3v) is 5.25. The van der Waals surface area contributed by atoms with Crippen LogP contribution in [0.5, 0.6) is 0 Å². The van der Waals surface area contributed by atoms with E-state index in [2.05, 4.69) is 5.10 Å². The minimum atomic E-state index is -4.95.